The lowest BCUT2D eigenvalue weighted by atomic mass is 10.2. The minimum atomic E-state index is -1.86. The van der Waals surface area contributed by atoms with E-state index in [1.807, 2.05) is 0 Å². The van der Waals surface area contributed by atoms with Gasteiger partial charge in [0.05, 0.1) is 0 Å². The standard InChI is InChI=1S/C24H12F4N2O6/c1-3-33-23(31)29-13-5-9-15(10-6-13)35-21-17(25)19(27)22(20(28)18(21)26)36-16-11-7-14(8-12-16)30-24(32)34-4-2/h1-2,5-12H,(H,29,31)(H,30,32). The Morgan fingerprint density at radius 1 is 0.611 bits per heavy atom. The Hall–Kier alpha value is -5.36. The second-order valence-corrected chi connectivity index (χ2v) is 6.43. The van der Waals surface area contributed by atoms with Crippen molar-refractivity contribution in [1.29, 1.82) is 0 Å². The van der Waals surface area contributed by atoms with Gasteiger partial charge in [-0.1, -0.05) is 12.8 Å². The van der Waals surface area contributed by atoms with Crippen molar-refractivity contribution in [1.82, 2.24) is 0 Å². The fraction of sp³-hybridized carbons (Fsp3) is 0. The van der Waals surface area contributed by atoms with Gasteiger partial charge in [0, 0.05) is 11.4 Å². The topological polar surface area (TPSA) is 95.1 Å². The summed E-state index contributed by atoms with van der Waals surface area (Å²) in [6.45, 7) is 0. The predicted molar refractivity (Wildman–Crippen MR) is 117 cm³/mol. The first kappa shape index (κ1) is 25.3. The summed E-state index contributed by atoms with van der Waals surface area (Å²) < 4.78 is 76.6. The zero-order chi connectivity index (χ0) is 26.2. The van der Waals surface area contributed by atoms with Gasteiger partial charge >= 0.3 is 12.2 Å². The van der Waals surface area contributed by atoms with Crippen LogP contribution in [0.15, 0.2) is 48.5 Å². The van der Waals surface area contributed by atoms with Crippen LogP contribution in [0.3, 0.4) is 0 Å². The molecule has 0 aliphatic carbocycles. The van der Waals surface area contributed by atoms with Gasteiger partial charge in [0.25, 0.3) is 0 Å². The van der Waals surface area contributed by atoms with Crippen LogP contribution in [0.1, 0.15) is 0 Å². The van der Waals surface area contributed by atoms with Crippen LogP contribution in [0.25, 0.3) is 0 Å². The van der Waals surface area contributed by atoms with E-state index in [1.54, 1.807) is 12.2 Å². The summed E-state index contributed by atoms with van der Waals surface area (Å²) in [6.07, 6.45) is 11.0. The highest BCUT2D eigenvalue weighted by atomic mass is 19.2. The Morgan fingerprint density at radius 2 is 0.917 bits per heavy atom. The van der Waals surface area contributed by atoms with Crippen molar-refractivity contribution < 1.29 is 46.1 Å². The molecule has 0 radical (unpaired) electrons. The number of hydrogen-bond acceptors (Lipinski definition) is 6. The van der Waals surface area contributed by atoms with Gasteiger partial charge < -0.3 is 18.9 Å². The van der Waals surface area contributed by atoms with E-state index in [4.69, 9.17) is 22.3 Å². The molecule has 3 aromatic rings. The number of anilines is 2. The van der Waals surface area contributed by atoms with Crippen molar-refractivity contribution in [2.24, 2.45) is 0 Å². The average molecular weight is 500 g/mol. The summed E-state index contributed by atoms with van der Waals surface area (Å²) in [5.74, 6) is -10.6. The molecule has 0 heterocycles. The minimum Gasteiger partial charge on any atom is -0.451 e. The highest BCUT2D eigenvalue weighted by Crippen LogP contribution is 2.39. The maximum atomic E-state index is 14.6. The Kier molecular flexibility index (Phi) is 7.84. The maximum Gasteiger partial charge on any atom is 0.425 e. The molecule has 12 heteroatoms. The van der Waals surface area contributed by atoms with Crippen molar-refractivity contribution in [3.63, 3.8) is 0 Å². The maximum absolute atomic E-state index is 14.6. The molecule has 0 aliphatic rings. The van der Waals surface area contributed by atoms with Crippen molar-refractivity contribution in [3.05, 3.63) is 71.8 Å². The summed E-state index contributed by atoms with van der Waals surface area (Å²) in [6, 6.07) is 9.60. The van der Waals surface area contributed by atoms with Crippen LogP contribution in [0.2, 0.25) is 0 Å². The van der Waals surface area contributed by atoms with E-state index >= 15 is 0 Å². The predicted octanol–water partition coefficient (Wildman–Crippen LogP) is 6.11. The summed E-state index contributed by atoms with van der Waals surface area (Å²) in [4.78, 5) is 22.5. The fourth-order valence-electron chi connectivity index (χ4n) is 2.61. The van der Waals surface area contributed by atoms with Crippen molar-refractivity contribution >= 4 is 23.6 Å². The van der Waals surface area contributed by atoms with E-state index in [1.165, 1.54) is 24.3 Å². The van der Waals surface area contributed by atoms with Crippen LogP contribution >= 0.6 is 0 Å². The fourth-order valence-corrected chi connectivity index (χ4v) is 2.61. The number of nitrogens with one attached hydrogen (secondary N) is 2. The Balaban J connectivity index is 1.78. The quantitative estimate of drug-likeness (QED) is 0.241. The van der Waals surface area contributed by atoms with E-state index in [9.17, 15) is 27.2 Å². The Labute approximate surface area is 200 Å². The summed E-state index contributed by atoms with van der Waals surface area (Å²) in [7, 11) is 0. The molecule has 0 unspecified atom stereocenters. The SMILES string of the molecule is C#COC(=O)Nc1ccc(Oc2c(F)c(F)c(Oc3ccc(NC(=O)OC#C)cc3)c(F)c2F)cc1. The number of benzene rings is 3. The zero-order valence-electron chi connectivity index (χ0n) is 17.7. The van der Waals surface area contributed by atoms with E-state index in [0.717, 1.165) is 24.3 Å². The Bertz CT molecular complexity index is 1240. The lowest BCUT2D eigenvalue weighted by Crippen LogP contribution is -2.10. The van der Waals surface area contributed by atoms with Crippen LogP contribution in [-0.2, 0) is 9.47 Å². The third-order valence-corrected chi connectivity index (χ3v) is 4.13. The lowest BCUT2D eigenvalue weighted by molar-refractivity contribution is 0.206. The molecule has 182 valence electrons. The molecule has 2 amide bonds. The number of hydrogen-bond donors (Lipinski definition) is 2. The number of halogens is 4. The molecule has 0 atom stereocenters. The molecule has 2 N–H and O–H groups in total. The number of carbonyl (C=O) groups excluding carboxylic acids is 2. The second-order valence-electron chi connectivity index (χ2n) is 6.43. The van der Waals surface area contributed by atoms with Gasteiger partial charge in [-0.2, -0.15) is 17.6 Å². The van der Waals surface area contributed by atoms with Crippen molar-refractivity contribution in [3.8, 4) is 48.1 Å². The number of terminal acetylenes is 2. The number of carbonyl (C=O) groups is 2. The van der Waals surface area contributed by atoms with Crippen LogP contribution < -0.4 is 20.1 Å². The first-order chi connectivity index (χ1) is 17.2. The monoisotopic (exact) mass is 500 g/mol. The van der Waals surface area contributed by atoms with Gasteiger partial charge in [0.15, 0.2) is 0 Å². The van der Waals surface area contributed by atoms with E-state index in [2.05, 4.69) is 20.1 Å². The highest BCUT2D eigenvalue weighted by Gasteiger charge is 2.29. The summed E-state index contributed by atoms with van der Waals surface area (Å²) in [5, 5.41) is 4.49. The molecule has 0 saturated carbocycles. The molecule has 0 saturated heterocycles. The lowest BCUT2D eigenvalue weighted by Gasteiger charge is -2.14. The van der Waals surface area contributed by atoms with Crippen LogP contribution in [-0.4, -0.2) is 12.2 Å². The van der Waals surface area contributed by atoms with Crippen molar-refractivity contribution in [2.75, 3.05) is 10.6 Å². The van der Waals surface area contributed by atoms with Gasteiger partial charge in [0.2, 0.25) is 34.8 Å². The first-order valence-corrected chi connectivity index (χ1v) is 9.52. The largest absolute Gasteiger partial charge is 0.451 e. The molecule has 0 spiro atoms. The van der Waals surface area contributed by atoms with E-state index in [0.29, 0.717) is 0 Å². The van der Waals surface area contributed by atoms with E-state index < -0.39 is 47.0 Å². The molecular formula is C24H12F4N2O6. The molecule has 3 aromatic carbocycles. The smallest absolute Gasteiger partial charge is 0.425 e. The van der Waals surface area contributed by atoms with Gasteiger partial charge in [-0.05, 0) is 48.5 Å². The van der Waals surface area contributed by atoms with Crippen molar-refractivity contribution in [2.45, 2.75) is 0 Å². The number of rotatable bonds is 6. The molecular weight excluding hydrogens is 488 g/mol. The number of amides is 2. The highest BCUT2D eigenvalue weighted by molar-refractivity contribution is 5.85. The molecule has 0 aliphatic heterocycles. The van der Waals surface area contributed by atoms with Gasteiger partial charge in [0.1, 0.15) is 23.7 Å². The molecule has 36 heavy (non-hydrogen) atoms. The third kappa shape index (κ3) is 5.95. The average Bonchev–Trinajstić information content (AvgIpc) is 2.85. The molecule has 3 rings (SSSR count). The summed E-state index contributed by atoms with van der Waals surface area (Å²) in [5.41, 5.74) is 0.359. The van der Waals surface area contributed by atoms with Gasteiger partial charge in [-0.25, -0.2) is 9.59 Å². The molecule has 0 aromatic heterocycles. The van der Waals surface area contributed by atoms with E-state index in [-0.39, 0.29) is 22.9 Å². The van der Waals surface area contributed by atoms with Crippen LogP contribution in [0, 0.1) is 48.3 Å². The normalized spacial score (nSPS) is 9.83. The Morgan fingerprint density at radius 3 is 1.19 bits per heavy atom. The minimum absolute atomic E-state index is 0.179. The van der Waals surface area contributed by atoms with Crippen LogP contribution in [0.4, 0.5) is 38.5 Å². The zero-order valence-corrected chi connectivity index (χ0v) is 17.7. The third-order valence-electron chi connectivity index (χ3n) is 4.13. The molecule has 0 fully saturated rings. The summed E-state index contributed by atoms with van der Waals surface area (Å²) >= 11 is 0. The molecule has 8 nitrogen and oxygen atoms in total. The van der Waals surface area contributed by atoms with Gasteiger partial charge in [-0.15, -0.1) is 0 Å². The second kappa shape index (κ2) is 11.2. The number of ether oxygens (including phenoxy) is 4. The van der Waals surface area contributed by atoms with Gasteiger partial charge in [-0.3, -0.25) is 10.6 Å². The van der Waals surface area contributed by atoms with Crippen LogP contribution in [0.5, 0.6) is 23.0 Å². The molecule has 0 bridgehead atoms. The first-order valence-electron chi connectivity index (χ1n) is 9.52.